The van der Waals surface area contributed by atoms with Crippen molar-refractivity contribution in [2.24, 2.45) is 0 Å². The lowest BCUT2D eigenvalue weighted by Gasteiger charge is -2.21. The van der Waals surface area contributed by atoms with Crippen molar-refractivity contribution in [2.45, 2.75) is 13.8 Å². The predicted octanol–water partition coefficient (Wildman–Crippen LogP) is 5.68. The van der Waals surface area contributed by atoms with Crippen molar-refractivity contribution in [1.82, 2.24) is 0 Å². The predicted molar refractivity (Wildman–Crippen MR) is 101 cm³/mol. The van der Waals surface area contributed by atoms with Crippen LogP contribution in [0.3, 0.4) is 0 Å². The highest BCUT2D eigenvalue weighted by molar-refractivity contribution is 8.22. The summed E-state index contributed by atoms with van der Waals surface area (Å²) < 4.78 is 24.6. The molecule has 128 valence electrons. The van der Waals surface area contributed by atoms with Crippen LogP contribution >= 0.6 is 42.7 Å². The Balaban J connectivity index is 3.47. The molecule has 0 spiro atoms. The van der Waals surface area contributed by atoms with Crippen LogP contribution in [0.1, 0.15) is 24.2 Å². The van der Waals surface area contributed by atoms with E-state index in [9.17, 15) is 9.36 Å². The van der Waals surface area contributed by atoms with Crippen molar-refractivity contribution < 1.29 is 18.4 Å². The standard InChI is InChI=1S/C15H20ClO4PS2/c1-5-19-21(18,20-6-2)14(15(22-3)23-4)13(17)11-7-9-12(16)10-8-11/h7-10H,5-6H2,1-4H3. The van der Waals surface area contributed by atoms with Gasteiger partial charge in [0.05, 0.1) is 17.5 Å². The molecule has 0 aliphatic rings. The molecule has 0 aliphatic heterocycles. The molecule has 1 rings (SSSR count). The van der Waals surface area contributed by atoms with Crippen molar-refractivity contribution in [3.8, 4) is 0 Å². The zero-order valence-electron chi connectivity index (χ0n) is 13.5. The molecule has 1 aromatic rings. The van der Waals surface area contributed by atoms with Crippen LogP contribution in [0.15, 0.2) is 33.8 Å². The Hall–Kier alpha value is -0.230. The number of thioether (sulfide) groups is 2. The van der Waals surface area contributed by atoms with Gasteiger partial charge in [0, 0.05) is 10.6 Å². The molecule has 0 N–H and O–H groups in total. The van der Waals surface area contributed by atoms with Crippen molar-refractivity contribution in [3.05, 3.63) is 44.4 Å². The molecule has 4 nitrogen and oxygen atoms in total. The minimum atomic E-state index is -3.70. The number of rotatable bonds is 9. The molecule has 0 aromatic heterocycles. The van der Waals surface area contributed by atoms with E-state index in [2.05, 4.69) is 0 Å². The molecule has 0 amide bonds. The molecule has 0 fully saturated rings. The summed E-state index contributed by atoms with van der Waals surface area (Å²) >= 11 is 8.56. The van der Waals surface area contributed by atoms with Crippen molar-refractivity contribution in [3.63, 3.8) is 0 Å². The first-order valence-electron chi connectivity index (χ1n) is 6.95. The molecule has 0 atom stereocenters. The number of Topliss-reactive ketones (excluding diaryl/α,β-unsaturated/α-hetero) is 1. The van der Waals surface area contributed by atoms with E-state index in [0.29, 0.717) is 14.8 Å². The molecule has 8 heteroatoms. The summed E-state index contributed by atoms with van der Waals surface area (Å²) in [5.74, 6) is -0.370. The van der Waals surface area contributed by atoms with Gasteiger partial charge in [0.1, 0.15) is 5.31 Å². The van der Waals surface area contributed by atoms with Gasteiger partial charge in [-0.2, -0.15) is 0 Å². The van der Waals surface area contributed by atoms with E-state index in [4.69, 9.17) is 20.6 Å². The Bertz CT molecular complexity index is 600. The van der Waals surface area contributed by atoms with Gasteiger partial charge in [0.25, 0.3) is 0 Å². The van der Waals surface area contributed by atoms with E-state index in [0.717, 1.165) is 0 Å². The number of ketones is 1. The molecule has 0 aliphatic carbocycles. The van der Waals surface area contributed by atoms with Crippen LogP contribution in [-0.2, 0) is 13.6 Å². The largest absolute Gasteiger partial charge is 0.366 e. The number of benzene rings is 1. The SMILES string of the molecule is CCOP(=O)(OCC)C(C(=O)c1ccc(Cl)cc1)=C(SC)SC. The Morgan fingerprint density at radius 1 is 1.09 bits per heavy atom. The minimum Gasteiger partial charge on any atom is -0.305 e. The van der Waals surface area contributed by atoms with Gasteiger partial charge < -0.3 is 9.05 Å². The summed E-state index contributed by atoms with van der Waals surface area (Å²) in [6, 6.07) is 6.45. The van der Waals surface area contributed by atoms with Gasteiger partial charge in [-0.05, 0) is 50.6 Å². The molecule has 0 radical (unpaired) electrons. The second-order valence-corrected chi connectivity index (χ2v) is 8.50. The Morgan fingerprint density at radius 3 is 1.96 bits per heavy atom. The fourth-order valence-corrected chi connectivity index (χ4v) is 6.05. The number of hydrogen-bond donors (Lipinski definition) is 0. The van der Waals surface area contributed by atoms with Crippen LogP contribution in [0.5, 0.6) is 0 Å². The highest BCUT2D eigenvalue weighted by Crippen LogP contribution is 2.60. The molecule has 1 aromatic carbocycles. The van der Waals surface area contributed by atoms with E-state index in [1.165, 1.54) is 23.5 Å². The van der Waals surface area contributed by atoms with Gasteiger partial charge in [0.15, 0.2) is 0 Å². The van der Waals surface area contributed by atoms with Crippen molar-refractivity contribution >= 4 is 48.5 Å². The van der Waals surface area contributed by atoms with Crippen LogP contribution in [0.4, 0.5) is 0 Å². The molecular formula is C15H20ClO4PS2. The summed E-state index contributed by atoms with van der Waals surface area (Å²) in [6.07, 6.45) is 3.65. The zero-order chi connectivity index (χ0) is 17.5. The van der Waals surface area contributed by atoms with Crippen molar-refractivity contribution in [2.75, 3.05) is 25.7 Å². The monoisotopic (exact) mass is 394 g/mol. The fourth-order valence-electron chi connectivity index (χ4n) is 1.85. The third kappa shape index (κ3) is 5.38. The number of halogens is 1. The van der Waals surface area contributed by atoms with Gasteiger partial charge in [-0.3, -0.25) is 9.36 Å². The average Bonchev–Trinajstić information content (AvgIpc) is 2.53. The smallest absolute Gasteiger partial charge is 0.305 e. The first-order valence-corrected chi connectivity index (χ1v) is 11.3. The maximum atomic E-state index is 13.2. The van der Waals surface area contributed by atoms with E-state index < -0.39 is 7.60 Å². The van der Waals surface area contributed by atoms with Crippen LogP contribution in [0.25, 0.3) is 0 Å². The summed E-state index contributed by atoms with van der Waals surface area (Å²) in [4.78, 5) is 13.0. The van der Waals surface area contributed by atoms with Gasteiger partial charge in [-0.25, -0.2) is 0 Å². The molecular weight excluding hydrogens is 375 g/mol. The Labute approximate surface area is 150 Å². The number of allylic oxidation sites excluding steroid dienone is 1. The number of carbonyl (C=O) groups excluding carboxylic acids is 1. The lowest BCUT2D eigenvalue weighted by atomic mass is 10.1. The van der Waals surface area contributed by atoms with Crippen molar-refractivity contribution in [1.29, 1.82) is 0 Å². The topological polar surface area (TPSA) is 52.6 Å². The molecule has 0 bridgehead atoms. The molecule has 0 saturated heterocycles. The second kappa shape index (κ2) is 9.92. The molecule has 0 heterocycles. The first-order chi connectivity index (χ1) is 10.9. The zero-order valence-corrected chi connectivity index (χ0v) is 16.8. The Morgan fingerprint density at radius 2 is 1.57 bits per heavy atom. The maximum Gasteiger partial charge on any atom is 0.366 e. The second-order valence-electron chi connectivity index (χ2n) is 4.21. The van der Waals surface area contributed by atoms with Crippen LogP contribution < -0.4 is 0 Å². The van der Waals surface area contributed by atoms with Crippen LogP contribution in [-0.4, -0.2) is 31.5 Å². The normalized spacial score (nSPS) is 11.3. The highest BCUT2D eigenvalue weighted by Gasteiger charge is 2.38. The summed E-state index contributed by atoms with van der Waals surface area (Å²) in [5.41, 5.74) is 0.393. The highest BCUT2D eigenvalue weighted by atomic mass is 35.5. The summed E-state index contributed by atoms with van der Waals surface area (Å²) in [6.45, 7) is 3.80. The van der Waals surface area contributed by atoms with Crippen LogP contribution in [0, 0.1) is 0 Å². The number of carbonyl (C=O) groups is 1. The van der Waals surface area contributed by atoms with E-state index >= 15 is 0 Å². The van der Waals surface area contributed by atoms with Gasteiger partial charge in [-0.1, -0.05) is 11.6 Å². The van der Waals surface area contributed by atoms with Crippen LogP contribution in [0.2, 0.25) is 5.02 Å². The molecule has 0 saturated carbocycles. The summed E-state index contributed by atoms with van der Waals surface area (Å²) in [7, 11) is -3.70. The van der Waals surface area contributed by atoms with E-state index in [1.54, 1.807) is 38.1 Å². The van der Waals surface area contributed by atoms with E-state index in [1.807, 2.05) is 12.5 Å². The minimum absolute atomic E-state index is 0.0866. The van der Waals surface area contributed by atoms with Gasteiger partial charge >= 0.3 is 7.60 Å². The first kappa shape index (κ1) is 20.8. The quantitative estimate of drug-likeness (QED) is 0.305. The fraction of sp³-hybridized carbons (Fsp3) is 0.400. The number of hydrogen-bond acceptors (Lipinski definition) is 6. The lowest BCUT2D eigenvalue weighted by Crippen LogP contribution is -2.10. The van der Waals surface area contributed by atoms with E-state index in [-0.39, 0.29) is 24.3 Å². The third-order valence-electron chi connectivity index (χ3n) is 2.76. The summed E-state index contributed by atoms with van der Waals surface area (Å²) in [5, 5.41) is 0.614. The molecule has 0 unspecified atom stereocenters. The van der Waals surface area contributed by atoms with Gasteiger partial charge in [0.2, 0.25) is 5.78 Å². The average molecular weight is 395 g/mol. The molecule has 23 heavy (non-hydrogen) atoms. The third-order valence-corrected chi connectivity index (χ3v) is 7.63. The lowest BCUT2D eigenvalue weighted by molar-refractivity contribution is 0.103. The van der Waals surface area contributed by atoms with Gasteiger partial charge in [-0.15, -0.1) is 23.5 Å². The maximum absolute atomic E-state index is 13.2. The Kier molecular flexibility index (Phi) is 8.98.